The van der Waals surface area contributed by atoms with Crippen LogP contribution in [0.15, 0.2) is 54.7 Å². The number of amides is 1. The third-order valence-corrected chi connectivity index (χ3v) is 4.81. The molecule has 0 radical (unpaired) electrons. The van der Waals surface area contributed by atoms with E-state index in [-0.39, 0.29) is 18.1 Å². The molecule has 3 aromatic rings. The average molecular weight is 426 g/mol. The van der Waals surface area contributed by atoms with Crippen LogP contribution < -0.4 is 10.6 Å². The number of benzene rings is 2. The third-order valence-electron chi connectivity index (χ3n) is 4.58. The summed E-state index contributed by atoms with van der Waals surface area (Å²) in [6, 6.07) is 13.9. The minimum absolute atomic E-state index is 0.190. The summed E-state index contributed by atoms with van der Waals surface area (Å²) in [6.07, 6.45) is 2.82. The number of halogens is 1. The number of aromatic nitrogens is 1. The van der Waals surface area contributed by atoms with Crippen LogP contribution in [0.2, 0.25) is 5.02 Å². The SMILES string of the molecule is CCCC(Nc1c(C(=O)OCC)cnc2ccc(Cl)cc12)C(=O)Nc1ccccc1. The molecule has 7 heteroatoms. The van der Waals surface area contributed by atoms with Crippen molar-refractivity contribution in [1.29, 1.82) is 0 Å². The van der Waals surface area contributed by atoms with Gasteiger partial charge in [0.1, 0.15) is 11.6 Å². The molecule has 2 aromatic carbocycles. The normalized spacial score (nSPS) is 11.7. The molecule has 0 bridgehead atoms. The standard InChI is InChI=1S/C23H24ClN3O3/c1-3-8-20(22(28)26-16-9-6-5-7-10-16)27-21-17-13-15(24)11-12-19(17)25-14-18(21)23(29)30-4-2/h5-7,9-14,20H,3-4,8H2,1-2H3,(H,25,27)(H,26,28). The summed E-state index contributed by atoms with van der Waals surface area (Å²) in [5.41, 5.74) is 2.12. The van der Waals surface area contributed by atoms with Crippen molar-refractivity contribution in [2.75, 3.05) is 17.2 Å². The molecule has 1 unspecified atom stereocenters. The molecule has 3 rings (SSSR count). The van der Waals surface area contributed by atoms with Crippen molar-refractivity contribution < 1.29 is 14.3 Å². The Bertz CT molecular complexity index is 1040. The number of anilines is 2. The van der Waals surface area contributed by atoms with E-state index in [4.69, 9.17) is 16.3 Å². The van der Waals surface area contributed by atoms with Crippen LogP contribution in [0.3, 0.4) is 0 Å². The number of carbonyl (C=O) groups is 2. The number of carbonyl (C=O) groups excluding carboxylic acids is 2. The van der Waals surface area contributed by atoms with Crippen molar-refractivity contribution in [2.45, 2.75) is 32.7 Å². The lowest BCUT2D eigenvalue weighted by molar-refractivity contribution is -0.117. The highest BCUT2D eigenvalue weighted by Crippen LogP contribution is 2.30. The zero-order valence-electron chi connectivity index (χ0n) is 16.9. The number of hydrogen-bond donors (Lipinski definition) is 2. The Balaban J connectivity index is 2.00. The van der Waals surface area contributed by atoms with Crippen LogP contribution in [0.25, 0.3) is 10.9 Å². The molecule has 0 aliphatic carbocycles. The molecule has 0 saturated heterocycles. The number of nitrogens with zero attached hydrogens (tertiary/aromatic N) is 1. The van der Waals surface area contributed by atoms with Crippen LogP contribution in [0.1, 0.15) is 37.0 Å². The number of hydrogen-bond acceptors (Lipinski definition) is 5. The summed E-state index contributed by atoms with van der Waals surface area (Å²) < 4.78 is 5.19. The van der Waals surface area contributed by atoms with Crippen molar-refractivity contribution in [1.82, 2.24) is 4.98 Å². The van der Waals surface area contributed by atoms with Crippen molar-refractivity contribution in [3.05, 3.63) is 65.3 Å². The first-order chi connectivity index (χ1) is 14.5. The quantitative estimate of drug-likeness (QED) is 0.479. The molecular weight excluding hydrogens is 402 g/mol. The van der Waals surface area contributed by atoms with E-state index in [0.717, 1.165) is 6.42 Å². The lowest BCUT2D eigenvalue weighted by Gasteiger charge is -2.22. The minimum Gasteiger partial charge on any atom is -0.462 e. The summed E-state index contributed by atoms with van der Waals surface area (Å²) in [4.78, 5) is 29.9. The van der Waals surface area contributed by atoms with Gasteiger partial charge in [-0.05, 0) is 43.7 Å². The maximum absolute atomic E-state index is 13.0. The maximum Gasteiger partial charge on any atom is 0.341 e. The predicted molar refractivity (Wildman–Crippen MR) is 120 cm³/mol. The zero-order valence-corrected chi connectivity index (χ0v) is 17.7. The molecule has 0 aliphatic rings. The van der Waals surface area contributed by atoms with Crippen molar-refractivity contribution >= 4 is 45.8 Å². The monoisotopic (exact) mass is 425 g/mol. The summed E-state index contributed by atoms with van der Waals surface area (Å²) >= 11 is 6.20. The molecule has 156 valence electrons. The number of esters is 1. The van der Waals surface area contributed by atoms with Gasteiger partial charge in [-0.1, -0.05) is 43.1 Å². The van der Waals surface area contributed by atoms with E-state index < -0.39 is 12.0 Å². The van der Waals surface area contributed by atoms with Gasteiger partial charge in [-0.2, -0.15) is 0 Å². The highest BCUT2D eigenvalue weighted by Gasteiger charge is 2.23. The first-order valence-corrected chi connectivity index (χ1v) is 10.3. The lowest BCUT2D eigenvalue weighted by Crippen LogP contribution is -2.35. The Hall–Kier alpha value is -3.12. The lowest BCUT2D eigenvalue weighted by atomic mass is 10.1. The summed E-state index contributed by atoms with van der Waals surface area (Å²) in [5, 5.41) is 7.35. The van der Waals surface area contributed by atoms with E-state index in [1.165, 1.54) is 6.20 Å². The van der Waals surface area contributed by atoms with Crippen molar-refractivity contribution in [3.8, 4) is 0 Å². The number of nitrogens with one attached hydrogen (secondary N) is 2. The van der Waals surface area contributed by atoms with Gasteiger partial charge in [0.25, 0.3) is 0 Å². The molecule has 0 saturated carbocycles. The number of rotatable bonds is 8. The van der Waals surface area contributed by atoms with Gasteiger partial charge in [0, 0.05) is 22.3 Å². The highest BCUT2D eigenvalue weighted by atomic mass is 35.5. The molecule has 1 amide bonds. The van der Waals surface area contributed by atoms with E-state index in [0.29, 0.717) is 33.7 Å². The van der Waals surface area contributed by atoms with Crippen molar-refractivity contribution in [2.24, 2.45) is 0 Å². The average Bonchev–Trinajstić information content (AvgIpc) is 2.74. The Labute approximate surface area is 180 Å². The first kappa shape index (κ1) is 21.6. The smallest absolute Gasteiger partial charge is 0.341 e. The van der Waals surface area contributed by atoms with E-state index in [2.05, 4.69) is 15.6 Å². The number of ether oxygens (including phenoxy) is 1. The molecule has 0 aliphatic heterocycles. The van der Waals surface area contributed by atoms with Crippen LogP contribution >= 0.6 is 11.6 Å². The van der Waals surface area contributed by atoms with Crippen LogP contribution in [0, 0.1) is 0 Å². The fraction of sp³-hybridized carbons (Fsp3) is 0.261. The Morgan fingerprint density at radius 2 is 1.90 bits per heavy atom. The van der Waals surface area contributed by atoms with Gasteiger partial charge in [-0.3, -0.25) is 9.78 Å². The predicted octanol–water partition coefficient (Wildman–Crippen LogP) is 5.28. The number of para-hydroxylation sites is 1. The third kappa shape index (κ3) is 5.07. The molecule has 1 heterocycles. The highest BCUT2D eigenvalue weighted by molar-refractivity contribution is 6.31. The topological polar surface area (TPSA) is 80.3 Å². The van der Waals surface area contributed by atoms with Gasteiger partial charge in [0.15, 0.2) is 0 Å². The van der Waals surface area contributed by atoms with E-state index in [1.807, 2.05) is 37.3 Å². The fourth-order valence-electron chi connectivity index (χ4n) is 3.17. The second-order valence-corrected chi connectivity index (χ2v) is 7.21. The Morgan fingerprint density at radius 3 is 2.60 bits per heavy atom. The number of pyridine rings is 1. The van der Waals surface area contributed by atoms with Gasteiger partial charge in [0.2, 0.25) is 5.91 Å². The molecule has 6 nitrogen and oxygen atoms in total. The fourth-order valence-corrected chi connectivity index (χ4v) is 3.34. The van der Waals surface area contributed by atoms with Gasteiger partial charge in [-0.25, -0.2) is 4.79 Å². The Morgan fingerprint density at radius 1 is 1.13 bits per heavy atom. The van der Waals surface area contributed by atoms with Gasteiger partial charge < -0.3 is 15.4 Å². The van der Waals surface area contributed by atoms with Gasteiger partial charge in [0.05, 0.1) is 17.8 Å². The van der Waals surface area contributed by atoms with Crippen LogP contribution in [-0.2, 0) is 9.53 Å². The minimum atomic E-state index is -0.562. The largest absolute Gasteiger partial charge is 0.462 e. The van der Waals surface area contributed by atoms with E-state index in [9.17, 15) is 9.59 Å². The second kappa shape index (κ2) is 10.1. The molecule has 30 heavy (non-hydrogen) atoms. The zero-order chi connectivity index (χ0) is 21.5. The van der Waals surface area contributed by atoms with E-state index >= 15 is 0 Å². The maximum atomic E-state index is 13.0. The van der Waals surface area contributed by atoms with Gasteiger partial charge in [-0.15, -0.1) is 0 Å². The van der Waals surface area contributed by atoms with E-state index in [1.54, 1.807) is 25.1 Å². The summed E-state index contributed by atoms with van der Waals surface area (Å²) in [5.74, 6) is -0.696. The molecular formula is C23H24ClN3O3. The first-order valence-electron chi connectivity index (χ1n) is 9.91. The molecule has 1 atom stereocenters. The van der Waals surface area contributed by atoms with Crippen molar-refractivity contribution in [3.63, 3.8) is 0 Å². The second-order valence-electron chi connectivity index (χ2n) is 6.77. The molecule has 2 N–H and O–H groups in total. The van der Waals surface area contributed by atoms with Crippen LogP contribution in [-0.4, -0.2) is 29.5 Å². The van der Waals surface area contributed by atoms with Crippen LogP contribution in [0.4, 0.5) is 11.4 Å². The summed E-state index contributed by atoms with van der Waals surface area (Å²) in [6.45, 7) is 3.97. The number of fused-ring (bicyclic) bond motifs is 1. The summed E-state index contributed by atoms with van der Waals surface area (Å²) in [7, 11) is 0. The molecule has 0 fully saturated rings. The molecule has 0 spiro atoms. The van der Waals surface area contributed by atoms with Gasteiger partial charge >= 0.3 is 5.97 Å². The molecule has 1 aromatic heterocycles. The Kier molecular flexibility index (Phi) is 7.25. The van der Waals surface area contributed by atoms with Crippen LogP contribution in [0.5, 0.6) is 0 Å².